The molecular weight excluding hydrogens is 335 g/mol. The van der Waals surface area contributed by atoms with Crippen LogP contribution in [0, 0.1) is 5.82 Å². The number of nitrogens with zero attached hydrogens (tertiary/aromatic N) is 5. The van der Waals surface area contributed by atoms with E-state index in [-0.39, 0.29) is 17.8 Å². The van der Waals surface area contributed by atoms with Gasteiger partial charge < -0.3 is 10.2 Å². The van der Waals surface area contributed by atoms with Crippen molar-refractivity contribution in [1.82, 2.24) is 19.5 Å². The van der Waals surface area contributed by atoms with Crippen LogP contribution in [-0.2, 0) is 4.79 Å². The Morgan fingerprint density at radius 3 is 2.73 bits per heavy atom. The second-order valence-electron chi connectivity index (χ2n) is 6.03. The Morgan fingerprint density at radius 1 is 1.23 bits per heavy atom. The molecule has 0 unspecified atom stereocenters. The molecular formula is C18H17FN6O. The van der Waals surface area contributed by atoms with Gasteiger partial charge in [-0.15, -0.1) is 0 Å². The van der Waals surface area contributed by atoms with Crippen molar-refractivity contribution in [3.8, 4) is 17.3 Å². The zero-order valence-electron chi connectivity index (χ0n) is 14.3. The quantitative estimate of drug-likeness (QED) is 0.784. The van der Waals surface area contributed by atoms with Gasteiger partial charge in [-0.2, -0.15) is 4.98 Å². The molecule has 0 aliphatic carbocycles. The summed E-state index contributed by atoms with van der Waals surface area (Å²) in [5.74, 6) is 1.32. The Labute approximate surface area is 149 Å². The van der Waals surface area contributed by atoms with Gasteiger partial charge in [0.05, 0.1) is 6.20 Å². The Balaban J connectivity index is 1.76. The van der Waals surface area contributed by atoms with Crippen molar-refractivity contribution in [3.05, 3.63) is 48.7 Å². The van der Waals surface area contributed by atoms with Crippen LogP contribution in [-0.4, -0.2) is 38.5 Å². The number of hydrogen-bond acceptors (Lipinski definition) is 5. The predicted molar refractivity (Wildman–Crippen MR) is 95.7 cm³/mol. The van der Waals surface area contributed by atoms with Gasteiger partial charge in [0.25, 0.3) is 0 Å². The van der Waals surface area contributed by atoms with Crippen LogP contribution >= 0.6 is 0 Å². The number of hydrogen-bond donors (Lipinski definition) is 1. The number of fused-ring (bicyclic) bond motifs is 1. The van der Waals surface area contributed by atoms with E-state index in [1.54, 1.807) is 47.2 Å². The molecule has 1 N–H and O–H groups in total. The smallest absolute Gasteiger partial charge is 0.249 e. The monoisotopic (exact) mass is 352 g/mol. The molecule has 0 saturated heterocycles. The Hall–Kier alpha value is -3.29. The van der Waals surface area contributed by atoms with Crippen molar-refractivity contribution in [2.24, 2.45) is 0 Å². The van der Waals surface area contributed by atoms with E-state index >= 15 is 0 Å². The van der Waals surface area contributed by atoms with Crippen molar-refractivity contribution >= 4 is 17.4 Å². The predicted octanol–water partition coefficient (Wildman–Crippen LogP) is 2.64. The second-order valence-corrected chi connectivity index (χ2v) is 6.03. The normalized spacial score (nSPS) is 16.3. The van der Waals surface area contributed by atoms with Gasteiger partial charge in [-0.05, 0) is 30.7 Å². The van der Waals surface area contributed by atoms with E-state index in [1.807, 2.05) is 6.92 Å². The van der Waals surface area contributed by atoms with E-state index in [0.717, 1.165) is 5.56 Å². The summed E-state index contributed by atoms with van der Waals surface area (Å²) in [5, 5.41) is 3.17. The highest BCUT2D eigenvalue weighted by molar-refractivity contribution is 6.03. The molecule has 0 fully saturated rings. The third kappa shape index (κ3) is 2.59. The molecule has 7 nitrogen and oxygen atoms in total. The van der Waals surface area contributed by atoms with Gasteiger partial charge in [0.2, 0.25) is 11.9 Å². The van der Waals surface area contributed by atoms with Gasteiger partial charge in [0, 0.05) is 25.0 Å². The van der Waals surface area contributed by atoms with Crippen LogP contribution in [0.4, 0.5) is 15.9 Å². The molecule has 26 heavy (non-hydrogen) atoms. The molecule has 1 amide bonds. The third-order valence-corrected chi connectivity index (χ3v) is 4.42. The maximum absolute atomic E-state index is 13.2. The SMILES string of the molecule is CC[C@H]1Nc2nc(-n3ccnc3-c3ccc(F)cc3)ncc2N(C)C1=O. The van der Waals surface area contributed by atoms with E-state index < -0.39 is 0 Å². The number of likely N-dealkylation sites (N-methyl/N-ethyl adjacent to an activating group) is 1. The van der Waals surface area contributed by atoms with Crippen LogP contribution in [0.3, 0.4) is 0 Å². The summed E-state index contributed by atoms with van der Waals surface area (Å²) in [6.07, 6.45) is 5.66. The molecule has 4 rings (SSSR count). The molecule has 3 heterocycles. The average molecular weight is 352 g/mol. The molecule has 1 aliphatic heterocycles. The summed E-state index contributed by atoms with van der Waals surface area (Å²) in [5.41, 5.74) is 1.39. The first-order valence-electron chi connectivity index (χ1n) is 8.29. The highest BCUT2D eigenvalue weighted by Gasteiger charge is 2.30. The minimum Gasteiger partial charge on any atom is -0.356 e. The Morgan fingerprint density at radius 2 is 2.00 bits per heavy atom. The van der Waals surface area contributed by atoms with Gasteiger partial charge in [-0.1, -0.05) is 6.92 Å². The topological polar surface area (TPSA) is 75.9 Å². The van der Waals surface area contributed by atoms with E-state index in [4.69, 9.17) is 0 Å². The molecule has 0 bridgehead atoms. The lowest BCUT2D eigenvalue weighted by atomic mass is 10.1. The van der Waals surface area contributed by atoms with Crippen LogP contribution in [0.5, 0.6) is 0 Å². The molecule has 0 radical (unpaired) electrons. The van der Waals surface area contributed by atoms with Crippen molar-refractivity contribution in [1.29, 1.82) is 0 Å². The summed E-state index contributed by atoms with van der Waals surface area (Å²) in [6.45, 7) is 1.94. The van der Waals surface area contributed by atoms with Crippen LogP contribution in [0.1, 0.15) is 13.3 Å². The second kappa shape index (κ2) is 6.21. The van der Waals surface area contributed by atoms with Crippen LogP contribution in [0.2, 0.25) is 0 Å². The third-order valence-electron chi connectivity index (χ3n) is 4.42. The first kappa shape index (κ1) is 16.2. The highest BCUT2D eigenvalue weighted by atomic mass is 19.1. The maximum atomic E-state index is 13.2. The minimum absolute atomic E-state index is 0.00835. The summed E-state index contributed by atoms with van der Waals surface area (Å²) in [6, 6.07) is 5.77. The maximum Gasteiger partial charge on any atom is 0.249 e. The van der Waals surface area contributed by atoms with Gasteiger partial charge in [-0.3, -0.25) is 9.36 Å². The van der Waals surface area contributed by atoms with Crippen molar-refractivity contribution < 1.29 is 9.18 Å². The lowest BCUT2D eigenvalue weighted by Gasteiger charge is -2.31. The van der Waals surface area contributed by atoms with Crippen molar-refractivity contribution in [3.63, 3.8) is 0 Å². The average Bonchev–Trinajstić information content (AvgIpc) is 3.14. The number of amides is 1. The summed E-state index contributed by atoms with van der Waals surface area (Å²) in [4.78, 5) is 27.1. The fraction of sp³-hybridized carbons (Fsp3) is 0.222. The standard InChI is InChI=1S/C18H17FN6O/c1-3-13-17(26)24(2)14-10-21-18(23-15(14)22-13)25-9-8-20-16(25)11-4-6-12(19)7-5-11/h4-10,13H,3H2,1-2H3,(H,21,22,23)/t13-/m1/s1. The zero-order valence-corrected chi connectivity index (χ0v) is 14.3. The van der Waals surface area contributed by atoms with Crippen LogP contribution < -0.4 is 10.2 Å². The fourth-order valence-electron chi connectivity index (χ4n) is 2.97. The first-order chi connectivity index (χ1) is 12.6. The van der Waals surface area contributed by atoms with E-state index in [0.29, 0.717) is 29.7 Å². The number of imidazole rings is 1. The summed E-state index contributed by atoms with van der Waals surface area (Å²) < 4.78 is 14.9. The lowest BCUT2D eigenvalue weighted by Crippen LogP contribution is -2.45. The lowest BCUT2D eigenvalue weighted by molar-refractivity contribution is -0.119. The minimum atomic E-state index is -0.311. The Kier molecular flexibility index (Phi) is 3.87. The van der Waals surface area contributed by atoms with E-state index in [9.17, 15) is 9.18 Å². The molecule has 1 atom stereocenters. The summed E-state index contributed by atoms with van der Waals surface area (Å²) in [7, 11) is 1.72. The zero-order chi connectivity index (χ0) is 18.3. The number of carbonyl (C=O) groups excluding carboxylic acids is 1. The number of rotatable bonds is 3. The van der Waals surface area contributed by atoms with Gasteiger partial charge in [0.1, 0.15) is 23.4 Å². The number of aromatic nitrogens is 4. The molecule has 3 aromatic rings. The van der Waals surface area contributed by atoms with Crippen LogP contribution in [0.15, 0.2) is 42.9 Å². The molecule has 8 heteroatoms. The first-order valence-corrected chi connectivity index (χ1v) is 8.29. The number of halogens is 1. The molecule has 1 aromatic carbocycles. The molecule has 0 saturated carbocycles. The van der Waals surface area contributed by atoms with E-state index in [2.05, 4.69) is 20.3 Å². The number of nitrogens with one attached hydrogen (secondary N) is 1. The number of carbonyl (C=O) groups is 1. The molecule has 0 spiro atoms. The highest BCUT2D eigenvalue weighted by Crippen LogP contribution is 2.30. The number of anilines is 2. The molecule has 132 valence electrons. The Bertz CT molecular complexity index is 968. The summed E-state index contributed by atoms with van der Waals surface area (Å²) >= 11 is 0. The molecule has 1 aliphatic rings. The van der Waals surface area contributed by atoms with Gasteiger partial charge >= 0.3 is 0 Å². The largest absolute Gasteiger partial charge is 0.356 e. The molecule has 2 aromatic heterocycles. The van der Waals surface area contributed by atoms with Crippen molar-refractivity contribution in [2.45, 2.75) is 19.4 Å². The fourth-order valence-corrected chi connectivity index (χ4v) is 2.97. The van der Waals surface area contributed by atoms with Gasteiger partial charge in [-0.25, -0.2) is 14.4 Å². The van der Waals surface area contributed by atoms with Crippen molar-refractivity contribution in [2.75, 3.05) is 17.3 Å². The van der Waals surface area contributed by atoms with Gasteiger partial charge in [0.15, 0.2) is 5.82 Å². The van der Waals surface area contributed by atoms with E-state index in [1.165, 1.54) is 12.1 Å². The number of benzene rings is 1. The van der Waals surface area contributed by atoms with Crippen LogP contribution in [0.25, 0.3) is 17.3 Å².